The molecule has 11 heteroatoms. The summed E-state index contributed by atoms with van der Waals surface area (Å²) < 4.78 is 38.2. The standard InChI is InChI=1S/C26H27N3O6S2/c1-34-23-11-10-21(37(32,33)28-12-2-3-13-28)15-22(23)27-25(31)18-6-8-19(9-7-18)26-29(24(30)17-36-26)16-20-5-4-14-35-20/h4-11,14-15,26H,2-3,12-13,16-17H2,1H3,(H,27,31)/t26-/m1/s1. The van der Waals surface area contributed by atoms with Crippen molar-refractivity contribution in [1.29, 1.82) is 0 Å². The SMILES string of the molecule is COc1ccc(S(=O)(=O)N2CCCC2)cc1NC(=O)c1ccc([C@H]2SCC(=O)N2Cc2ccco2)cc1. The molecule has 194 valence electrons. The van der Waals surface area contributed by atoms with Crippen molar-refractivity contribution in [2.45, 2.75) is 29.7 Å². The van der Waals surface area contributed by atoms with E-state index >= 15 is 0 Å². The number of methoxy groups -OCH3 is 1. The number of ether oxygens (including phenoxy) is 1. The molecule has 2 aliphatic heterocycles. The van der Waals surface area contributed by atoms with Gasteiger partial charge in [0.1, 0.15) is 16.9 Å². The van der Waals surface area contributed by atoms with E-state index in [4.69, 9.17) is 9.15 Å². The number of sulfonamides is 1. The first-order chi connectivity index (χ1) is 17.9. The monoisotopic (exact) mass is 541 g/mol. The van der Waals surface area contributed by atoms with Crippen molar-refractivity contribution in [3.63, 3.8) is 0 Å². The second kappa shape index (κ2) is 10.6. The fourth-order valence-corrected chi connectivity index (χ4v) is 7.22. The molecule has 1 N–H and O–H groups in total. The first-order valence-corrected chi connectivity index (χ1v) is 14.4. The van der Waals surface area contributed by atoms with Crippen LogP contribution in [-0.4, -0.2) is 55.4 Å². The lowest BCUT2D eigenvalue weighted by Gasteiger charge is -2.23. The van der Waals surface area contributed by atoms with E-state index in [0.29, 0.717) is 42.5 Å². The predicted molar refractivity (Wildman–Crippen MR) is 140 cm³/mol. The Hall–Kier alpha value is -3.28. The Labute approximate surface area is 219 Å². The van der Waals surface area contributed by atoms with Gasteiger partial charge in [0.05, 0.1) is 36.3 Å². The molecule has 0 bridgehead atoms. The molecule has 1 aromatic heterocycles. The molecule has 0 aliphatic carbocycles. The average molecular weight is 542 g/mol. The minimum absolute atomic E-state index is 0.0316. The number of nitrogens with one attached hydrogen (secondary N) is 1. The van der Waals surface area contributed by atoms with Crippen molar-refractivity contribution in [3.05, 3.63) is 77.7 Å². The number of anilines is 1. The van der Waals surface area contributed by atoms with Crippen molar-refractivity contribution in [2.75, 3.05) is 31.3 Å². The lowest BCUT2D eigenvalue weighted by atomic mass is 10.1. The van der Waals surface area contributed by atoms with E-state index in [9.17, 15) is 18.0 Å². The zero-order valence-corrected chi connectivity index (χ0v) is 21.9. The maximum Gasteiger partial charge on any atom is 0.255 e. The zero-order chi connectivity index (χ0) is 26.0. The van der Waals surface area contributed by atoms with Gasteiger partial charge in [-0.15, -0.1) is 11.8 Å². The molecule has 2 saturated heterocycles. The summed E-state index contributed by atoms with van der Waals surface area (Å²) in [6, 6.07) is 15.1. The first kappa shape index (κ1) is 25.4. The van der Waals surface area contributed by atoms with Crippen LogP contribution in [0.3, 0.4) is 0 Å². The molecule has 2 aliphatic rings. The fraction of sp³-hybridized carbons (Fsp3) is 0.308. The Morgan fingerprint density at radius 1 is 1.14 bits per heavy atom. The van der Waals surface area contributed by atoms with E-state index in [1.807, 2.05) is 18.2 Å². The average Bonchev–Trinajstić information content (AvgIpc) is 3.68. The number of nitrogens with zero attached hydrogens (tertiary/aromatic N) is 2. The van der Waals surface area contributed by atoms with Crippen molar-refractivity contribution in [1.82, 2.24) is 9.21 Å². The van der Waals surface area contributed by atoms with E-state index in [1.54, 1.807) is 35.4 Å². The van der Waals surface area contributed by atoms with Gasteiger partial charge in [-0.1, -0.05) is 12.1 Å². The number of rotatable bonds is 8. The van der Waals surface area contributed by atoms with Crippen molar-refractivity contribution < 1.29 is 27.2 Å². The summed E-state index contributed by atoms with van der Waals surface area (Å²) in [5.41, 5.74) is 1.57. The Morgan fingerprint density at radius 2 is 1.89 bits per heavy atom. The summed E-state index contributed by atoms with van der Waals surface area (Å²) in [5.74, 6) is 1.08. The number of carbonyl (C=O) groups excluding carboxylic acids is 2. The van der Waals surface area contributed by atoms with Crippen LogP contribution >= 0.6 is 11.8 Å². The second-order valence-corrected chi connectivity index (χ2v) is 11.8. The number of furan rings is 1. The smallest absolute Gasteiger partial charge is 0.255 e. The molecule has 2 fully saturated rings. The van der Waals surface area contributed by atoms with Crippen LogP contribution in [-0.2, 0) is 21.4 Å². The van der Waals surface area contributed by atoms with Crippen molar-refractivity contribution >= 4 is 39.3 Å². The molecule has 3 aromatic rings. The summed E-state index contributed by atoms with van der Waals surface area (Å²) in [5, 5.41) is 2.61. The van der Waals surface area contributed by atoms with Gasteiger partial charge in [-0.25, -0.2) is 8.42 Å². The van der Waals surface area contributed by atoms with Crippen LogP contribution in [0.4, 0.5) is 5.69 Å². The summed E-state index contributed by atoms with van der Waals surface area (Å²) >= 11 is 1.53. The van der Waals surface area contributed by atoms with Crippen molar-refractivity contribution in [3.8, 4) is 5.75 Å². The number of thioether (sulfide) groups is 1. The van der Waals surface area contributed by atoms with Gasteiger partial charge in [-0.2, -0.15) is 4.31 Å². The molecule has 0 radical (unpaired) electrons. The van der Waals surface area contributed by atoms with Gasteiger partial charge in [-0.05, 0) is 60.9 Å². The van der Waals surface area contributed by atoms with Gasteiger partial charge < -0.3 is 19.4 Å². The zero-order valence-electron chi connectivity index (χ0n) is 20.3. The molecular formula is C26H27N3O6S2. The largest absolute Gasteiger partial charge is 0.495 e. The summed E-state index contributed by atoms with van der Waals surface area (Å²) in [4.78, 5) is 27.4. The highest BCUT2D eigenvalue weighted by Crippen LogP contribution is 2.39. The third-order valence-electron chi connectivity index (χ3n) is 6.45. The highest BCUT2D eigenvalue weighted by Gasteiger charge is 2.33. The molecule has 9 nitrogen and oxygen atoms in total. The first-order valence-electron chi connectivity index (χ1n) is 11.9. The molecule has 5 rings (SSSR count). The summed E-state index contributed by atoms with van der Waals surface area (Å²) in [6.07, 6.45) is 3.25. The summed E-state index contributed by atoms with van der Waals surface area (Å²) in [6.45, 7) is 1.36. The highest BCUT2D eigenvalue weighted by molar-refractivity contribution is 8.00. The lowest BCUT2D eigenvalue weighted by molar-refractivity contribution is -0.128. The molecule has 0 unspecified atom stereocenters. The van der Waals surface area contributed by atoms with Gasteiger partial charge in [-0.3, -0.25) is 9.59 Å². The number of amides is 2. The molecule has 1 atom stereocenters. The van der Waals surface area contributed by atoms with Crippen LogP contribution < -0.4 is 10.1 Å². The van der Waals surface area contributed by atoms with E-state index in [1.165, 1.54) is 35.3 Å². The van der Waals surface area contributed by atoms with Gasteiger partial charge >= 0.3 is 0 Å². The second-order valence-electron chi connectivity index (χ2n) is 8.81. The molecule has 0 spiro atoms. The third kappa shape index (κ3) is 5.25. The molecule has 2 amide bonds. The number of carbonyl (C=O) groups is 2. The molecule has 3 heterocycles. The number of hydrogen-bond donors (Lipinski definition) is 1. The van der Waals surface area contributed by atoms with E-state index in [0.717, 1.165) is 18.4 Å². The Morgan fingerprint density at radius 3 is 2.57 bits per heavy atom. The van der Waals surface area contributed by atoms with E-state index in [-0.39, 0.29) is 21.9 Å². The van der Waals surface area contributed by atoms with Crippen LogP contribution in [0.15, 0.2) is 70.2 Å². The van der Waals surface area contributed by atoms with E-state index in [2.05, 4.69) is 5.32 Å². The molecular weight excluding hydrogens is 514 g/mol. The Balaban J connectivity index is 1.32. The molecule has 0 saturated carbocycles. The minimum atomic E-state index is -3.65. The molecule has 2 aromatic carbocycles. The Kier molecular flexibility index (Phi) is 7.27. The van der Waals surface area contributed by atoms with Gasteiger partial charge in [0, 0.05) is 18.7 Å². The van der Waals surface area contributed by atoms with Crippen LogP contribution in [0, 0.1) is 0 Å². The normalized spacial score (nSPS) is 18.4. The van der Waals surface area contributed by atoms with Gasteiger partial charge in [0.25, 0.3) is 5.91 Å². The third-order valence-corrected chi connectivity index (χ3v) is 9.60. The fourth-order valence-electron chi connectivity index (χ4n) is 4.49. The lowest BCUT2D eigenvalue weighted by Crippen LogP contribution is -2.28. The number of benzene rings is 2. The maximum atomic E-state index is 13.1. The van der Waals surface area contributed by atoms with Crippen LogP contribution in [0.2, 0.25) is 0 Å². The van der Waals surface area contributed by atoms with Crippen LogP contribution in [0.1, 0.15) is 39.9 Å². The van der Waals surface area contributed by atoms with Gasteiger partial charge in [0.2, 0.25) is 15.9 Å². The number of hydrogen-bond acceptors (Lipinski definition) is 7. The maximum absolute atomic E-state index is 13.1. The summed E-state index contributed by atoms with van der Waals surface area (Å²) in [7, 11) is -2.18. The minimum Gasteiger partial charge on any atom is -0.495 e. The molecule has 37 heavy (non-hydrogen) atoms. The highest BCUT2D eigenvalue weighted by atomic mass is 32.2. The van der Waals surface area contributed by atoms with Crippen molar-refractivity contribution in [2.24, 2.45) is 0 Å². The van der Waals surface area contributed by atoms with E-state index < -0.39 is 15.9 Å². The topological polar surface area (TPSA) is 109 Å². The van der Waals surface area contributed by atoms with Gasteiger partial charge in [0.15, 0.2) is 0 Å². The van der Waals surface area contributed by atoms with Crippen LogP contribution in [0.25, 0.3) is 0 Å². The van der Waals surface area contributed by atoms with Crippen LogP contribution in [0.5, 0.6) is 5.75 Å². The predicted octanol–water partition coefficient (Wildman–Crippen LogP) is 4.10. The Bertz CT molecular complexity index is 1380. The quantitative estimate of drug-likeness (QED) is 0.457.